The normalized spacial score (nSPS) is 13.6. The number of hydrogen-bond donors (Lipinski definition) is 3. The molecule has 0 bridgehead atoms. The number of phenols is 1. The van der Waals surface area contributed by atoms with Crippen molar-refractivity contribution < 1.29 is 14.3 Å². The molecule has 10 heteroatoms. The van der Waals surface area contributed by atoms with E-state index in [0.29, 0.717) is 34.2 Å². The van der Waals surface area contributed by atoms with Crippen molar-refractivity contribution in [2.75, 3.05) is 31.4 Å². The van der Waals surface area contributed by atoms with Gasteiger partial charge < -0.3 is 25.1 Å². The molecular weight excluding hydrogens is 458 g/mol. The molecule has 3 heterocycles. The number of benzene rings is 1. The Balaban J connectivity index is 1.77. The number of nitrogens with one attached hydrogen (secondary N) is 2. The number of aromatic hydroxyl groups is 1. The van der Waals surface area contributed by atoms with Crippen LogP contribution in [0.4, 0.5) is 17.3 Å². The summed E-state index contributed by atoms with van der Waals surface area (Å²) in [6, 6.07) is 6.75. The Morgan fingerprint density at radius 3 is 2.36 bits per heavy atom. The summed E-state index contributed by atoms with van der Waals surface area (Å²) in [5.41, 5.74) is 2.22. The largest absolute Gasteiger partial charge is 0.505 e. The van der Waals surface area contributed by atoms with Crippen LogP contribution in [0.3, 0.4) is 0 Å². The van der Waals surface area contributed by atoms with Crippen LogP contribution >= 0.6 is 0 Å². The number of anilines is 3. The van der Waals surface area contributed by atoms with Gasteiger partial charge in [-0.15, -0.1) is 0 Å². The number of nitrogens with zero attached hydrogens (tertiary/aromatic N) is 5. The number of carbonyl (C=O) groups excluding carboxylic acids is 1. The number of fused-ring (bicyclic) bond motifs is 1. The van der Waals surface area contributed by atoms with Gasteiger partial charge in [-0.25, -0.2) is 20.0 Å². The van der Waals surface area contributed by atoms with Gasteiger partial charge in [0, 0.05) is 14.1 Å². The minimum Gasteiger partial charge on any atom is -0.505 e. The number of phenolic OH excluding ortho intramolecular Hbond substituents is 1. The van der Waals surface area contributed by atoms with E-state index >= 15 is 0 Å². The van der Waals surface area contributed by atoms with Gasteiger partial charge in [0.05, 0.1) is 23.6 Å². The maximum absolute atomic E-state index is 12.5. The summed E-state index contributed by atoms with van der Waals surface area (Å²) in [4.78, 5) is 31.9. The fourth-order valence-electron chi connectivity index (χ4n) is 3.85. The first kappa shape index (κ1) is 25.2. The lowest BCUT2D eigenvalue weighted by Gasteiger charge is -2.30. The van der Waals surface area contributed by atoms with E-state index in [4.69, 9.17) is 9.40 Å². The summed E-state index contributed by atoms with van der Waals surface area (Å²) in [6.07, 6.45) is 1.79. The number of carbonyl (C=O) groups is 1. The highest BCUT2D eigenvalue weighted by atomic mass is 16.3. The second-order valence-electron chi connectivity index (χ2n) is 10.4. The van der Waals surface area contributed by atoms with Crippen LogP contribution in [-0.4, -0.2) is 46.6 Å². The molecule has 0 saturated heterocycles. The number of amides is 1. The summed E-state index contributed by atoms with van der Waals surface area (Å²) in [6.45, 7) is 10.8. The highest BCUT2D eigenvalue weighted by Gasteiger charge is 2.31. The van der Waals surface area contributed by atoms with Gasteiger partial charge in [0.15, 0.2) is 28.4 Å². The molecule has 10 nitrogen and oxygen atoms in total. The molecule has 1 aliphatic rings. The quantitative estimate of drug-likeness (QED) is 0.429. The van der Waals surface area contributed by atoms with E-state index < -0.39 is 0 Å². The van der Waals surface area contributed by atoms with Gasteiger partial charge in [-0.2, -0.15) is 0 Å². The molecular formula is C26H33N7O3. The van der Waals surface area contributed by atoms with E-state index in [2.05, 4.69) is 66.3 Å². The monoisotopic (exact) mass is 491 g/mol. The maximum Gasteiger partial charge on any atom is 0.257 e. The van der Waals surface area contributed by atoms with E-state index in [1.807, 2.05) is 0 Å². The van der Waals surface area contributed by atoms with Crippen molar-refractivity contribution in [3.8, 4) is 5.75 Å². The third-order valence-corrected chi connectivity index (χ3v) is 5.96. The number of rotatable bonds is 7. The van der Waals surface area contributed by atoms with Crippen molar-refractivity contribution in [2.24, 2.45) is 15.4 Å². The predicted octanol–water partition coefficient (Wildman–Crippen LogP) is 3.75. The zero-order valence-corrected chi connectivity index (χ0v) is 21.7. The van der Waals surface area contributed by atoms with Gasteiger partial charge in [0.25, 0.3) is 5.91 Å². The zero-order valence-electron chi connectivity index (χ0n) is 21.7. The lowest BCUT2D eigenvalue weighted by atomic mass is 9.85. The summed E-state index contributed by atoms with van der Waals surface area (Å²) >= 11 is 0. The third kappa shape index (κ3) is 5.02. The van der Waals surface area contributed by atoms with E-state index in [-0.39, 0.29) is 35.3 Å². The topological polar surface area (TPSA) is 128 Å². The molecule has 3 aromatic rings. The molecule has 1 aromatic carbocycles. The minimum absolute atomic E-state index is 0.175. The first-order valence-electron chi connectivity index (χ1n) is 11.9. The van der Waals surface area contributed by atoms with Crippen LogP contribution in [-0.2, 0) is 0 Å². The summed E-state index contributed by atoms with van der Waals surface area (Å²) in [5.74, 6) is 1.41. The van der Waals surface area contributed by atoms with Gasteiger partial charge in [-0.3, -0.25) is 4.79 Å². The van der Waals surface area contributed by atoms with Crippen LogP contribution in [0.2, 0.25) is 0 Å². The molecule has 0 saturated carbocycles. The molecule has 1 amide bonds. The van der Waals surface area contributed by atoms with Gasteiger partial charge >= 0.3 is 0 Å². The predicted molar refractivity (Wildman–Crippen MR) is 137 cm³/mol. The molecule has 190 valence electrons. The molecule has 0 unspecified atom stereocenters. The molecule has 1 aliphatic heterocycles. The van der Waals surface area contributed by atoms with Crippen LogP contribution < -0.4 is 21.6 Å². The lowest BCUT2D eigenvalue weighted by Crippen LogP contribution is -2.33. The van der Waals surface area contributed by atoms with Crippen LogP contribution in [0.1, 0.15) is 68.3 Å². The number of furan rings is 1. The van der Waals surface area contributed by atoms with Crippen LogP contribution in [0.15, 0.2) is 44.9 Å². The molecule has 0 fully saturated rings. The number of aromatic nitrogens is 2. The summed E-state index contributed by atoms with van der Waals surface area (Å²) < 4.78 is 5.97. The Hall–Kier alpha value is -3.95. The van der Waals surface area contributed by atoms with Crippen LogP contribution in [0.25, 0.3) is 0 Å². The fraction of sp³-hybridized carbons (Fsp3) is 0.423. The van der Waals surface area contributed by atoms with E-state index in [1.54, 1.807) is 38.6 Å². The number of para-hydroxylation sites is 1. The van der Waals surface area contributed by atoms with Crippen molar-refractivity contribution >= 4 is 23.2 Å². The van der Waals surface area contributed by atoms with Crippen molar-refractivity contribution in [3.63, 3.8) is 0 Å². The Labute approximate surface area is 210 Å². The smallest absolute Gasteiger partial charge is 0.257 e. The van der Waals surface area contributed by atoms with E-state index in [9.17, 15) is 9.90 Å². The molecule has 3 N–H and O–H groups in total. The first-order chi connectivity index (χ1) is 17.0. The molecule has 0 aliphatic carbocycles. The molecule has 4 rings (SSSR count). The highest BCUT2D eigenvalue weighted by Crippen LogP contribution is 2.39. The Morgan fingerprint density at radius 1 is 1.11 bits per heavy atom. The molecule has 2 aromatic heterocycles. The van der Waals surface area contributed by atoms with Crippen molar-refractivity contribution in [2.45, 2.75) is 46.6 Å². The van der Waals surface area contributed by atoms with Crippen LogP contribution in [0, 0.1) is 5.41 Å². The first-order valence-corrected chi connectivity index (χ1v) is 11.9. The average Bonchev–Trinajstić information content (AvgIpc) is 3.46. The van der Waals surface area contributed by atoms with Crippen molar-refractivity contribution in [1.29, 1.82) is 0 Å². The van der Waals surface area contributed by atoms with Crippen molar-refractivity contribution in [3.05, 3.63) is 58.4 Å². The second kappa shape index (κ2) is 9.60. The van der Waals surface area contributed by atoms with Gasteiger partial charge in [0.2, 0.25) is 0 Å². The Bertz CT molecular complexity index is 1400. The lowest BCUT2D eigenvalue weighted by molar-refractivity contribution is 0.0824. The molecule has 0 spiro atoms. The third-order valence-electron chi connectivity index (χ3n) is 5.96. The van der Waals surface area contributed by atoms with E-state index in [1.165, 1.54) is 4.90 Å². The maximum atomic E-state index is 12.5. The summed E-state index contributed by atoms with van der Waals surface area (Å²) in [7, 11) is 3.26. The highest BCUT2D eigenvalue weighted by molar-refractivity contribution is 5.98. The number of hydrogen-bond acceptors (Lipinski definition) is 9. The Kier molecular flexibility index (Phi) is 6.71. The standard InChI is InChI=1S/C26H33N7O3/c1-14(2)15-11-18(36-12-15)20(26(3,4)5)30-24-23(31-21-22(32-24)28-13-27-21)29-17-10-8-9-16(19(17)34)25(35)33(6)7/h8-12,14,20,34H,13H2,1-7H3,(H,27,29,31)(H,28,30,32)/t20-/m0/s1. The SMILES string of the molecule is CC(C)c1coc([C@H](Nc2nc3c(nc2Nc2cccc(C(=O)N(C)C)c2O)=NCN=3)C(C)(C)C)c1. The summed E-state index contributed by atoms with van der Waals surface area (Å²) in [5, 5.41) is 17.5. The second-order valence-corrected chi connectivity index (χ2v) is 10.4. The van der Waals surface area contributed by atoms with Crippen LogP contribution in [0.5, 0.6) is 5.75 Å². The zero-order chi connectivity index (χ0) is 26.2. The van der Waals surface area contributed by atoms with Gasteiger partial charge in [0.1, 0.15) is 12.4 Å². The molecule has 1 atom stereocenters. The van der Waals surface area contributed by atoms with Crippen molar-refractivity contribution in [1.82, 2.24) is 14.9 Å². The molecule has 0 radical (unpaired) electrons. The fourth-order valence-corrected chi connectivity index (χ4v) is 3.85. The minimum atomic E-state index is -0.310. The average molecular weight is 492 g/mol. The molecule has 36 heavy (non-hydrogen) atoms. The van der Waals surface area contributed by atoms with E-state index in [0.717, 1.165) is 11.3 Å². The Morgan fingerprint density at radius 2 is 1.78 bits per heavy atom. The van der Waals surface area contributed by atoms with Gasteiger partial charge in [-0.1, -0.05) is 40.7 Å². The van der Waals surface area contributed by atoms with Gasteiger partial charge in [-0.05, 0) is 35.1 Å².